The number of rotatable bonds is 5. The van der Waals surface area contributed by atoms with E-state index in [-0.39, 0.29) is 0 Å². The van der Waals surface area contributed by atoms with Gasteiger partial charge in [0.1, 0.15) is 11.2 Å². The molecule has 0 N–H and O–H groups in total. The molecule has 0 aliphatic rings. The van der Waals surface area contributed by atoms with Crippen LogP contribution in [0.4, 0.5) is 0 Å². The van der Waals surface area contributed by atoms with Crippen LogP contribution < -0.4 is 0 Å². The summed E-state index contributed by atoms with van der Waals surface area (Å²) in [5.41, 5.74) is 8.91. The lowest BCUT2D eigenvalue weighted by Crippen LogP contribution is -2.00. The molecule has 0 saturated heterocycles. The van der Waals surface area contributed by atoms with Gasteiger partial charge < -0.3 is 4.42 Å². The van der Waals surface area contributed by atoms with Crippen molar-refractivity contribution < 1.29 is 4.42 Å². The smallest absolute Gasteiger partial charge is 0.164 e. The van der Waals surface area contributed by atoms with Gasteiger partial charge in [-0.1, -0.05) is 158 Å². The molecule has 0 atom stereocenters. The van der Waals surface area contributed by atoms with Crippen molar-refractivity contribution in [1.82, 2.24) is 15.0 Å². The first-order valence-corrected chi connectivity index (χ1v) is 18.5. The summed E-state index contributed by atoms with van der Waals surface area (Å²) in [5, 5.41) is 8.87. The van der Waals surface area contributed by atoms with Crippen LogP contribution in [0.5, 0.6) is 0 Å². The summed E-state index contributed by atoms with van der Waals surface area (Å²) < 4.78 is 6.81. The van der Waals surface area contributed by atoms with Crippen LogP contribution in [-0.4, -0.2) is 15.0 Å². The lowest BCUT2D eigenvalue weighted by Gasteiger charge is -2.11. The number of hydrogen-bond acceptors (Lipinski definition) is 4. The van der Waals surface area contributed by atoms with E-state index in [2.05, 4.69) is 164 Å². The van der Waals surface area contributed by atoms with Crippen molar-refractivity contribution >= 4 is 54.3 Å². The Labute approximate surface area is 317 Å². The summed E-state index contributed by atoms with van der Waals surface area (Å²) in [6.45, 7) is 0. The highest BCUT2D eigenvalue weighted by Crippen LogP contribution is 2.44. The van der Waals surface area contributed by atoms with E-state index in [0.29, 0.717) is 17.5 Å². The third-order valence-electron chi connectivity index (χ3n) is 10.7. The number of furan rings is 1. The quantitative estimate of drug-likeness (QED) is 0.179. The molecule has 0 amide bonds. The summed E-state index contributed by atoms with van der Waals surface area (Å²) in [4.78, 5) is 15.7. The summed E-state index contributed by atoms with van der Waals surface area (Å²) in [7, 11) is 0. The molecule has 55 heavy (non-hydrogen) atoms. The zero-order valence-electron chi connectivity index (χ0n) is 29.6. The van der Waals surface area contributed by atoms with Crippen molar-refractivity contribution in [3.8, 4) is 56.4 Å². The summed E-state index contributed by atoms with van der Waals surface area (Å²) >= 11 is 0. The van der Waals surface area contributed by atoms with Crippen LogP contribution in [0.1, 0.15) is 0 Å². The van der Waals surface area contributed by atoms with Crippen LogP contribution in [0, 0.1) is 0 Å². The molecule has 0 saturated carbocycles. The first kappa shape index (κ1) is 31.1. The number of hydrogen-bond donors (Lipinski definition) is 0. The van der Waals surface area contributed by atoms with Gasteiger partial charge in [0.15, 0.2) is 17.5 Å². The topological polar surface area (TPSA) is 51.8 Å². The van der Waals surface area contributed by atoms with Gasteiger partial charge in [0.2, 0.25) is 0 Å². The zero-order valence-corrected chi connectivity index (χ0v) is 29.6. The SMILES string of the molecule is c1ccc(-c2ccc3ccc(-c4nc(-c5ccc6ccccc6c5)nc(-c5cccc6oc7c(-c8ccccc8)c8ccccc8cc7c56)n4)cc3c2)cc1. The fourth-order valence-electron chi connectivity index (χ4n) is 7.98. The van der Waals surface area contributed by atoms with Crippen molar-refractivity contribution in [1.29, 1.82) is 0 Å². The highest BCUT2D eigenvalue weighted by molar-refractivity contribution is 6.21. The van der Waals surface area contributed by atoms with Gasteiger partial charge >= 0.3 is 0 Å². The van der Waals surface area contributed by atoms with E-state index >= 15 is 0 Å². The van der Waals surface area contributed by atoms with Crippen molar-refractivity contribution in [3.63, 3.8) is 0 Å². The third-order valence-corrected chi connectivity index (χ3v) is 10.7. The van der Waals surface area contributed by atoms with Crippen LogP contribution in [0.2, 0.25) is 0 Å². The Kier molecular flexibility index (Phi) is 7.14. The molecular weight excluding hydrogens is 671 g/mol. The van der Waals surface area contributed by atoms with Crippen molar-refractivity contribution in [3.05, 3.63) is 188 Å². The molecule has 0 aliphatic heterocycles. The van der Waals surface area contributed by atoms with Gasteiger partial charge in [-0.05, 0) is 79.3 Å². The molecular formula is C51H31N3O. The average Bonchev–Trinajstić information content (AvgIpc) is 3.63. The maximum Gasteiger partial charge on any atom is 0.164 e. The molecule has 2 aromatic heterocycles. The van der Waals surface area contributed by atoms with Crippen LogP contribution >= 0.6 is 0 Å². The second-order valence-electron chi connectivity index (χ2n) is 14.0. The van der Waals surface area contributed by atoms with Gasteiger partial charge in [-0.25, -0.2) is 15.0 Å². The molecule has 9 aromatic carbocycles. The molecule has 0 radical (unpaired) electrons. The zero-order chi connectivity index (χ0) is 36.3. The van der Waals surface area contributed by atoms with Crippen molar-refractivity contribution in [2.75, 3.05) is 0 Å². The monoisotopic (exact) mass is 701 g/mol. The fourth-order valence-corrected chi connectivity index (χ4v) is 7.98. The maximum atomic E-state index is 6.81. The number of benzene rings is 9. The van der Waals surface area contributed by atoms with Crippen LogP contribution in [0.15, 0.2) is 192 Å². The Bertz CT molecular complexity index is 3260. The largest absolute Gasteiger partial charge is 0.455 e. The van der Waals surface area contributed by atoms with Crippen molar-refractivity contribution in [2.24, 2.45) is 0 Å². The second kappa shape index (κ2) is 12.6. The number of nitrogens with zero attached hydrogens (tertiary/aromatic N) is 3. The van der Waals surface area contributed by atoms with E-state index in [1.54, 1.807) is 0 Å². The molecule has 0 unspecified atom stereocenters. The fraction of sp³-hybridized carbons (Fsp3) is 0. The molecule has 11 aromatic rings. The normalized spacial score (nSPS) is 11.6. The van der Waals surface area contributed by atoms with Gasteiger partial charge in [0.05, 0.1) is 0 Å². The minimum atomic E-state index is 0.592. The van der Waals surface area contributed by atoms with E-state index in [0.717, 1.165) is 76.7 Å². The Morgan fingerprint density at radius 3 is 1.64 bits per heavy atom. The first-order valence-electron chi connectivity index (χ1n) is 18.5. The van der Waals surface area contributed by atoms with Gasteiger partial charge in [0, 0.05) is 33.0 Å². The van der Waals surface area contributed by atoms with Crippen LogP contribution in [0.3, 0.4) is 0 Å². The third kappa shape index (κ3) is 5.34. The standard InChI is InChI=1S/C51H31N3O/c1-3-12-32(13-4-1)37-25-22-34-24-27-40(30-41(34)29-37)50-52-49(39-26-23-33-14-7-8-17-36(33)28-39)53-51(54-50)43-20-11-21-45-47(43)44-31-38-18-9-10-19-42(38)46(48(44)55-45)35-15-5-2-6-16-35/h1-31H. The summed E-state index contributed by atoms with van der Waals surface area (Å²) in [6, 6.07) is 65.7. The Morgan fingerprint density at radius 2 is 0.891 bits per heavy atom. The molecule has 2 heterocycles. The summed E-state index contributed by atoms with van der Waals surface area (Å²) in [5.74, 6) is 1.82. The average molecular weight is 702 g/mol. The lowest BCUT2D eigenvalue weighted by atomic mass is 9.94. The van der Waals surface area contributed by atoms with E-state index in [4.69, 9.17) is 19.4 Å². The second-order valence-corrected chi connectivity index (χ2v) is 14.0. The molecule has 0 bridgehead atoms. The van der Waals surface area contributed by atoms with E-state index in [1.807, 2.05) is 24.3 Å². The molecule has 0 spiro atoms. The van der Waals surface area contributed by atoms with E-state index < -0.39 is 0 Å². The lowest BCUT2D eigenvalue weighted by molar-refractivity contribution is 0.670. The molecule has 4 nitrogen and oxygen atoms in total. The minimum Gasteiger partial charge on any atom is -0.455 e. The van der Waals surface area contributed by atoms with Crippen molar-refractivity contribution in [2.45, 2.75) is 0 Å². The van der Waals surface area contributed by atoms with E-state index in [1.165, 1.54) is 16.5 Å². The van der Waals surface area contributed by atoms with Gasteiger partial charge in [-0.2, -0.15) is 0 Å². The highest BCUT2D eigenvalue weighted by atomic mass is 16.3. The van der Waals surface area contributed by atoms with Gasteiger partial charge in [-0.3, -0.25) is 0 Å². The number of aromatic nitrogens is 3. The maximum absolute atomic E-state index is 6.81. The van der Waals surface area contributed by atoms with Gasteiger partial charge in [0.25, 0.3) is 0 Å². The minimum absolute atomic E-state index is 0.592. The van der Waals surface area contributed by atoms with E-state index in [9.17, 15) is 0 Å². The predicted molar refractivity (Wildman–Crippen MR) is 227 cm³/mol. The molecule has 4 heteroatoms. The molecule has 256 valence electrons. The van der Waals surface area contributed by atoms with Gasteiger partial charge in [-0.15, -0.1) is 0 Å². The van der Waals surface area contributed by atoms with Crippen LogP contribution in [0.25, 0.3) is 111 Å². The Balaban J connectivity index is 1.16. The summed E-state index contributed by atoms with van der Waals surface area (Å²) in [6.07, 6.45) is 0. The molecule has 0 aliphatic carbocycles. The first-order chi connectivity index (χ1) is 27.2. The van der Waals surface area contributed by atoms with Crippen LogP contribution in [-0.2, 0) is 0 Å². The Morgan fingerprint density at radius 1 is 0.327 bits per heavy atom. The molecule has 0 fully saturated rings. The molecule has 11 rings (SSSR count). The Hall–Kier alpha value is -7.43. The highest BCUT2D eigenvalue weighted by Gasteiger charge is 2.21. The number of fused-ring (bicyclic) bond motifs is 6. The predicted octanol–water partition coefficient (Wildman–Crippen LogP) is 13.6.